The van der Waals surface area contributed by atoms with Crippen LogP contribution in [0.2, 0.25) is 0 Å². The Kier molecular flexibility index (Phi) is 1.89. The first-order chi connectivity index (χ1) is 4.88. The Morgan fingerprint density at radius 3 is 3.00 bits per heavy atom. The second-order valence-corrected chi connectivity index (χ2v) is 1.71. The Hall–Kier alpha value is -1.51. The molecule has 0 aliphatic heterocycles. The van der Waals surface area contributed by atoms with E-state index in [1.54, 1.807) is 18.2 Å². The van der Waals surface area contributed by atoms with Crippen LogP contribution in [-0.2, 0) is 0 Å². The normalized spacial score (nSPS) is 8.80. The molecule has 0 fully saturated rings. The minimum absolute atomic E-state index is 0.192. The van der Waals surface area contributed by atoms with Crippen LogP contribution in [-0.4, -0.2) is 4.98 Å². The van der Waals surface area contributed by atoms with E-state index in [4.69, 9.17) is 0 Å². The first-order valence-electron chi connectivity index (χ1n) is 2.79. The third-order valence-electron chi connectivity index (χ3n) is 1.12. The largest absolute Gasteiger partial charge is 0.234 e. The molecule has 3 heteroatoms. The van der Waals surface area contributed by atoms with Crippen molar-refractivity contribution >= 4 is 11.9 Å². The van der Waals surface area contributed by atoms with Gasteiger partial charge in [-0.25, -0.2) is 4.98 Å². The van der Waals surface area contributed by atoms with E-state index in [2.05, 4.69) is 16.7 Å². The molecule has 10 heavy (non-hydrogen) atoms. The van der Waals surface area contributed by atoms with Gasteiger partial charge in [0.15, 0.2) is 0 Å². The highest BCUT2D eigenvalue weighted by Gasteiger charge is 1.95. The molecule has 0 aliphatic carbocycles. The number of hydrogen-bond donors (Lipinski definition) is 0. The first-order valence-corrected chi connectivity index (χ1v) is 2.79. The Bertz CT molecular complexity index is 231. The molecule has 1 rings (SSSR count). The fraction of sp³-hybridized carbons (Fsp3) is 0. The second kappa shape index (κ2) is 2.87. The summed E-state index contributed by atoms with van der Waals surface area (Å²) in [5.74, 6) is 0.192. The van der Waals surface area contributed by atoms with Crippen molar-refractivity contribution in [3.63, 3.8) is 0 Å². The summed E-state index contributed by atoms with van der Waals surface area (Å²) in [6.07, 6.45) is 3.06. The van der Waals surface area contributed by atoms with E-state index in [0.29, 0.717) is 5.56 Å². The third-order valence-corrected chi connectivity index (χ3v) is 1.12. The molecule has 0 radical (unpaired) electrons. The number of hydrogen-bond acceptors (Lipinski definition) is 3. The summed E-state index contributed by atoms with van der Waals surface area (Å²) in [6, 6.07) is 3.46. The lowest BCUT2D eigenvalue weighted by Crippen LogP contribution is -1.75. The molecule has 0 spiro atoms. The third kappa shape index (κ3) is 1.07. The predicted octanol–water partition coefficient (Wildman–Crippen LogP) is 2.12. The lowest BCUT2D eigenvalue weighted by atomic mass is 10.2. The van der Waals surface area contributed by atoms with Crippen molar-refractivity contribution in [1.82, 2.24) is 4.98 Å². The average molecular weight is 134 g/mol. The Morgan fingerprint density at radius 2 is 2.50 bits per heavy atom. The summed E-state index contributed by atoms with van der Waals surface area (Å²) in [5.41, 5.74) is 0.664. The Labute approximate surface area is 58.4 Å². The van der Waals surface area contributed by atoms with Crippen LogP contribution in [0.25, 0.3) is 6.08 Å². The molecule has 3 nitrogen and oxygen atoms in total. The number of pyridine rings is 1. The van der Waals surface area contributed by atoms with Crippen molar-refractivity contribution < 1.29 is 0 Å². The molecule has 0 bridgehead atoms. The number of rotatable bonds is 2. The molecule has 0 N–H and O–H groups in total. The maximum atomic E-state index is 10.0. The summed E-state index contributed by atoms with van der Waals surface area (Å²) in [6.45, 7) is 3.50. The van der Waals surface area contributed by atoms with Crippen molar-refractivity contribution in [1.29, 1.82) is 0 Å². The SMILES string of the molecule is C=Cc1cccnc1N=O. The molecule has 0 saturated heterocycles. The summed E-state index contributed by atoms with van der Waals surface area (Å²) >= 11 is 0. The van der Waals surface area contributed by atoms with Gasteiger partial charge in [0.25, 0.3) is 0 Å². The predicted molar refractivity (Wildman–Crippen MR) is 39.8 cm³/mol. The molecule has 1 aromatic rings. The molecule has 1 aromatic heterocycles. The summed E-state index contributed by atoms with van der Waals surface area (Å²) in [4.78, 5) is 13.7. The van der Waals surface area contributed by atoms with Crippen molar-refractivity contribution in [3.8, 4) is 0 Å². The van der Waals surface area contributed by atoms with Crippen LogP contribution in [0.4, 0.5) is 5.82 Å². The molecule has 0 aromatic carbocycles. The van der Waals surface area contributed by atoms with Gasteiger partial charge in [-0.2, -0.15) is 0 Å². The Morgan fingerprint density at radius 1 is 1.70 bits per heavy atom. The zero-order valence-corrected chi connectivity index (χ0v) is 5.32. The average Bonchev–Trinajstić information content (AvgIpc) is 2.04. The van der Waals surface area contributed by atoms with E-state index >= 15 is 0 Å². The van der Waals surface area contributed by atoms with Crippen LogP contribution >= 0.6 is 0 Å². The van der Waals surface area contributed by atoms with Crippen molar-refractivity contribution in [3.05, 3.63) is 35.4 Å². The van der Waals surface area contributed by atoms with Crippen LogP contribution in [0, 0.1) is 4.91 Å². The lowest BCUT2D eigenvalue weighted by molar-refractivity contribution is 1.25. The van der Waals surface area contributed by atoms with E-state index < -0.39 is 0 Å². The smallest absolute Gasteiger partial charge is 0.203 e. The zero-order valence-electron chi connectivity index (χ0n) is 5.32. The fourth-order valence-corrected chi connectivity index (χ4v) is 0.645. The zero-order chi connectivity index (χ0) is 7.40. The molecule has 0 unspecified atom stereocenters. The van der Waals surface area contributed by atoms with E-state index in [9.17, 15) is 4.91 Å². The van der Waals surface area contributed by atoms with Gasteiger partial charge in [-0.15, -0.1) is 4.91 Å². The van der Waals surface area contributed by atoms with Gasteiger partial charge in [-0.1, -0.05) is 12.7 Å². The van der Waals surface area contributed by atoms with Gasteiger partial charge in [0.05, 0.1) is 0 Å². The van der Waals surface area contributed by atoms with Gasteiger partial charge in [-0.05, 0) is 17.3 Å². The topological polar surface area (TPSA) is 42.3 Å². The highest BCUT2D eigenvalue weighted by atomic mass is 16.3. The van der Waals surface area contributed by atoms with Crippen LogP contribution in [0.3, 0.4) is 0 Å². The quantitative estimate of drug-likeness (QED) is 0.581. The highest BCUT2D eigenvalue weighted by molar-refractivity contribution is 5.58. The van der Waals surface area contributed by atoms with Gasteiger partial charge in [0.1, 0.15) is 0 Å². The number of nitroso groups, excluding NO2 is 1. The van der Waals surface area contributed by atoms with E-state index in [1.165, 1.54) is 6.20 Å². The van der Waals surface area contributed by atoms with E-state index in [1.807, 2.05) is 0 Å². The number of nitrogens with zero attached hydrogens (tertiary/aromatic N) is 2. The maximum Gasteiger partial charge on any atom is 0.203 e. The van der Waals surface area contributed by atoms with Gasteiger partial charge in [0, 0.05) is 11.8 Å². The van der Waals surface area contributed by atoms with E-state index in [-0.39, 0.29) is 5.82 Å². The van der Waals surface area contributed by atoms with Crippen LogP contribution in [0.5, 0.6) is 0 Å². The first kappa shape index (κ1) is 6.61. The molecule has 0 amide bonds. The Balaban J connectivity index is 3.20. The number of aromatic nitrogens is 1. The summed E-state index contributed by atoms with van der Waals surface area (Å²) < 4.78 is 0. The van der Waals surface area contributed by atoms with Crippen molar-refractivity contribution in [2.24, 2.45) is 5.18 Å². The summed E-state index contributed by atoms with van der Waals surface area (Å²) in [7, 11) is 0. The fourth-order valence-electron chi connectivity index (χ4n) is 0.645. The molecular formula is C7H6N2O. The minimum atomic E-state index is 0.192. The van der Waals surface area contributed by atoms with Gasteiger partial charge >= 0.3 is 0 Å². The monoisotopic (exact) mass is 134 g/mol. The van der Waals surface area contributed by atoms with Gasteiger partial charge in [-0.3, -0.25) is 0 Å². The lowest BCUT2D eigenvalue weighted by Gasteiger charge is -1.91. The molecule has 0 aliphatic rings. The molecule has 1 heterocycles. The van der Waals surface area contributed by atoms with Crippen molar-refractivity contribution in [2.45, 2.75) is 0 Å². The minimum Gasteiger partial charge on any atom is -0.234 e. The molecule has 0 atom stereocenters. The maximum absolute atomic E-state index is 10.0. The van der Waals surface area contributed by atoms with E-state index in [0.717, 1.165) is 0 Å². The summed E-state index contributed by atoms with van der Waals surface area (Å²) in [5, 5.41) is 2.71. The van der Waals surface area contributed by atoms with Crippen LogP contribution in [0.1, 0.15) is 5.56 Å². The van der Waals surface area contributed by atoms with Crippen LogP contribution in [0.15, 0.2) is 30.1 Å². The molecule has 0 saturated carbocycles. The standard InChI is InChI=1S/C7H6N2O/c1-2-6-4-3-5-8-7(6)9-10/h2-5H,1H2. The molecule has 50 valence electrons. The van der Waals surface area contributed by atoms with Gasteiger partial charge in [0.2, 0.25) is 5.82 Å². The molecular weight excluding hydrogens is 128 g/mol. The second-order valence-electron chi connectivity index (χ2n) is 1.71. The van der Waals surface area contributed by atoms with Gasteiger partial charge < -0.3 is 0 Å². The highest BCUT2D eigenvalue weighted by Crippen LogP contribution is 2.14. The van der Waals surface area contributed by atoms with Crippen LogP contribution < -0.4 is 0 Å². The van der Waals surface area contributed by atoms with Crippen molar-refractivity contribution in [2.75, 3.05) is 0 Å².